The molecule has 1 saturated heterocycles. The highest BCUT2D eigenvalue weighted by Crippen LogP contribution is 2.72. The summed E-state index contributed by atoms with van der Waals surface area (Å²) in [6, 6.07) is 1.95. The minimum atomic E-state index is -1.77. The molecular weight excluding hydrogens is 849 g/mol. The average Bonchev–Trinajstić information content (AvgIpc) is 4.01. The topological polar surface area (TPSA) is 245 Å². The van der Waals surface area contributed by atoms with Gasteiger partial charge in [-0.3, -0.25) is 14.6 Å². The minimum absolute atomic E-state index is 0.0151. The van der Waals surface area contributed by atoms with Crippen LogP contribution in [0.25, 0.3) is 0 Å². The number of esters is 1. The molecule has 7 aliphatic carbocycles. The molecule has 0 amide bonds. The first kappa shape index (κ1) is 48.5. The number of aliphatic hydroxyl groups excluding tert-OH is 4. The number of nitrogens with zero attached hydrogens (tertiary/aromatic N) is 1. The van der Waals surface area contributed by atoms with Crippen molar-refractivity contribution >= 4 is 17.7 Å². The molecule has 9 rings (SSSR count). The van der Waals surface area contributed by atoms with E-state index >= 15 is 0 Å². The van der Waals surface area contributed by atoms with Gasteiger partial charge in [-0.25, -0.2) is 0 Å². The number of aromatic nitrogens is 1. The number of nitrogens with one attached hydrogen (secondary N) is 1. The van der Waals surface area contributed by atoms with Crippen LogP contribution in [-0.2, 0) is 14.3 Å². The molecule has 0 aromatic carbocycles. The molecule has 67 heavy (non-hydrogen) atoms. The summed E-state index contributed by atoms with van der Waals surface area (Å²) in [6.07, 6.45) is 12.3. The summed E-state index contributed by atoms with van der Waals surface area (Å²) in [7, 11) is 0. The third kappa shape index (κ3) is 8.15. The van der Waals surface area contributed by atoms with Crippen molar-refractivity contribution < 1.29 is 45.0 Å². The Balaban J connectivity index is 1.23. The number of nitrogens with two attached hydrogens (primary N) is 2. The number of aliphatic imine (C=N–C) groups is 1. The summed E-state index contributed by atoms with van der Waals surface area (Å²) in [5.74, 6) is 4.81. The normalized spacial score (nSPS) is 47.3. The lowest BCUT2D eigenvalue weighted by molar-refractivity contribution is -0.190. The van der Waals surface area contributed by atoms with Gasteiger partial charge in [-0.15, -0.1) is 0 Å². The Morgan fingerprint density at radius 2 is 1.75 bits per heavy atom. The number of hydrogen-bond donors (Lipinski definition) is 9. The van der Waals surface area contributed by atoms with E-state index in [9.17, 15) is 40.2 Å². The van der Waals surface area contributed by atoms with Gasteiger partial charge in [-0.2, -0.15) is 0 Å². The van der Waals surface area contributed by atoms with E-state index in [1.807, 2.05) is 25.4 Å². The Labute approximate surface area is 396 Å². The highest BCUT2D eigenvalue weighted by molar-refractivity contribution is 5.95. The van der Waals surface area contributed by atoms with Crippen LogP contribution in [0.15, 0.2) is 46.8 Å². The third-order valence-electron chi connectivity index (χ3n) is 19.9. The van der Waals surface area contributed by atoms with Crippen molar-refractivity contribution in [3.63, 3.8) is 0 Å². The zero-order valence-electron chi connectivity index (χ0n) is 40.2. The number of allylic oxidation sites excluding steroid dienone is 3. The number of ether oxygens (including phenoxy) is 1. The molecule has 13 heteroatoms. The minimum Gasteiger partial charge on any atom is -0.465 e. The zero-order valence-corrected chi connectivity index (χ0v) is 40.2. The van der Waals surface area contributed by atoms with Crippen LogP contribution in [0.2, 0.25) is 0 Å². The number of fused-ring (bicyclic) bond motifs is 10. The van der Waals surface area contributed by atoms with Gasteiger partial charge < -0.3 is 51.8 Å². The first-order chi connectivity index (χ1) is 31.8. The van der Waals surface area contributed by atoms with Crippen LogP contribution in [-0.4, -0.2) is 103 Å². The Hall–Kier alpha value is -3.51. The quantitative estimate of drug-likeness (QED) is 0.0559. The van der Waals surface area contributed by atoms with Gasteiger partial charge >= 0.3 is 5.97 Å². The van der Waals surface area contributed by atoms with Crippen molar-refractivity contribution in [1.82, 2.24) is 4.98 Å². The molecule has 0 radical (unpaired) electrons. The van der Waals surface area contributed by atoms with Crippen molar-refractivity contribution in [2.75, 3.05) is 19.8 Å². The van der Waals surface area contributed by atoms with Crippen LogP contribution in [0.1, 0.15) is 129 Å². The second-order valence-electron chi connectivity index (χ2n) is 23.4. The number of H-pyrrole nitrogens is 1. The van der Waals surface area contributed by atoms with Crippen molar-refractivity contribution in [3.8, 4) is 11.8 Å². The van der Waals surface area contributed by atoms with Crippen LogP contribution in [0.3, 0.4) is 0 Å². The first-order valence-electron chi connectivity index (χ1n) is 25.7. The fraction of sp³-hybridized carbons (Fsp3) is 0.759. The van der Waals surface area contributed by atoms with E-state index in [4.69, 9.17) is 16.2 Å². The maximum atomic E-state index is 14.4. The van der Waals surface area contributed by atoms with Gasteiger partial charge in [-0.05, 0) is 167 Å². The lowest BCUT2D eigenvalue weighted by atomic mass is 9.44. The molecule has 1 aromatic heterocycles. The van der Waals surface area contributed by atoms with Crippen LogP contribution in [0, 0.1) is 93.7 Å². The molecule has 368 valence electrons. The highest BCUT2D eigenvalue weighted by Gasteiger charge is 2.74. The van der Waals surface area contributed by atoms with E-state index < -0.39 is 69.9 Å². The number of cyclic esters (lactones) is 1. The summed E-state index contributed by atoms with van der Waals surface area (Å²) < 4.78 is 5.94. The monoisotopic (exact) mass is 927 g/mol. The lowest BCUT2D eigenvalue weighted by Gasteiger charge is -2.61. The molecule has 20 atom stereocenters. The maximum absolute atomic E-state index is 14.4. The number of guanidine groups is 1. The smallest absolute Gasteiger partial charge is 0.313 e. The number of carbonyl (C=O) groups excluding carboxylic acids is 2. The largest absolute Gasteiger partial charge is 0.465 e. The number of hydrogen-bond acceptors (Lipinski definition) is 10. The third-order valence-corrected chi connectivity index (χ3v) is 19.9. The summed E-state index contributed by atoms with van der Waals surface area (Å²) in [5.41, 5.74) is 9.55. The first-order valence-corrected chi connectivity index (χ1v) is 25.7. The number of rotatable bonds is 8. The second kappa shape index (κ2) is 18.3. The van der Waals surface area contributed by atoms with Crippen LogP contribution in [0.4, 0.5) is 0 Å². The highest BCUT2D eigenvalue weighted by atomic mass is 16.5. The van der Waals surface area contributed by atoms with Gasteiger partial charge in [0.15, 0.2) is 11.7 Å². The van der Waals surface area contributed by atoms with E-state index in [1.54, 1.807) is 13.0 Å². The molecule has 5 fully saturated rings. The summed E-state index contributed by atoms with van der Waals surface area (Å²) >= 11 is 0. The molecule has 4 saturated carbocycles. The predicted octanol–water partition coefficient (Wildman–Crippen LogP) is 4.89. The standard InChI is InChI=1S/C54H78N4O9/c1-29-7-8-32-11-12-35-30(2)21-46(63)52(4,65)48-38(31(6-5-19-59)9-10-33(22-37(35)36(32)20-29)39-28-67-49(64)47(39)34-14-17-57-27-34)25-54(66)41-23-43(60)42-24-44(61)45(62)26-51(42,3)40(41)13-15-53(48,54)16-18-58-50(55)56/h11,14,17,23,27,29-31,33,35-40,42,44-48,57,59,61-63,65-66H,5-8,12-13,15-16,18-22,24-26,28H2,1-4H3,(H4,55,56,58)/t29-,30+,31-,33-,35-,36+,37+,38-,39+,40-,42-,44+,45-,46+,47-,48+,51+,52-,53-,54+/m0/s1. The molecule has 0 spiro atoms. The van der Waals surface area contributed by atoms with Gasteiger partial charge in [-0.1, -0.05) is 44.3 Å². The number of ketones is 1. The fourth-order valence-corrected chi connectivity index (χ4v) is 16.6. The van der Waals surface area contributed by atoms with E-state index in [1.165, 1.54) is 5.57 Å². The zero-order chi connectivity index (χ0) is 47.8. The predicted molar refractivity (Wildman–Crippen MR) is 253 cm³/mol. The summed E-state index contributed by atoms with van der Waals surface area (Å²) in [5, 5.41) is 72.9. The Morgan fingerprint density at radius 3 is 2.48 bits per heavy atom. The molecule has 1 aromatic rings. The van der Waals surface area contributed by atoms with Crippen LogP contribution < -0.4 is 11.5 Å². The van der Waals surface area contributed by atoms with Gasteiger partial charge in [0.2, 0.25) is 0 Å². The Kier molecular flexibility index (Phi) is 13.3. The second-order valence-corrected chi connectivity index (χ2v) is 23.4. The average molecular weight is 927 g/mol. The Bertz CT molecular complexity index is 2170. The molecule has 8 aliphatic rings. The van der Waals surface area contributed by atoms with Crippen molar-refractivity contribution in [3.05, 3.63) is 47.3 Å². The molecule has 1 aliphatic heterocycles. The molecule has 13 nitrogen and oxygen atoms in total. The number of carbonyl (C=O) groups is 2. The SMILES string of the molecule is C[C@H]1CCC2=CC[C@@H]3[C@@H](C[C@@H]([C@H]4COC(=O)[C@H]4c4cc[nH]c4)C#C[C@H](CCCO)[C@@H]4C[C@@]5(O)C6=CC(=O)[C@@H]7C[C@@H](O)[C@@H](O)C[C@]7(C)[C@H]6CC[C@]5(CCN=C(N)N)[C@H]4[C@@](C)(O)[C@H](O)C[C@H]3C)[C@@H]2C1. The molecular formula is C54H78N4O9. The van der Waals surface area contributed by atoms with E-state index in [0.29, 0.717) is 49.5 Å². The van der Waals surface area contributed by atoms with Crippen molar-refractivity contribution in [2.24, 2.45) is 98.3 Å². The molecule has 0 bridgehead atoms. The van der Waals surface area contributed by atoms with Gasteiger partial charge in [0, 0.05) is 60.5 Å². The van der Waals surface area contributed by atoms with Gasteiger partial charge in [0.25, 0.3) is 0 Å². The van der Waals surface area contributed by atoms with E-state index in [2.05, 4.69) is 41.7 Å². The van der Waals surface area contributed by atoms with Crippen LogP contribution >= 0.6 is 0 Å². The molecule has 11 N–H and O–H groups in total. The van der Waals surface area contributed by atoms with Gasteiger partial charge in [0.1, 0.15) is 0 Å². The van der Waals surface area contributed by atoms with Crippen LogP contribution in [0.5, 0.6) is 0 Å². The molecule has 2 heterocycles. The van der Waals surface area contributed by atoms with Gasteiger partial charge in [0.05, 0.1) is 42.0 Å². The maximum Gasteiger partial charge on any atom is 0.313 e. The van der Waals surface area contributed by atoms with Crippen molar-refractivity contribution in [1.29, 1.82) is 0 Å². The number of aromatic amines is 1. The Morgan fingerprint density at radius 1 is 0.955 bits per heavy atom. The lowest BCUT2D eigenvalue weighted by Crippen LogP contribution is -2.64. The summed E-state index contributed by atoms with van der Waals surface area (Å²) in [4.78, 5) is 35.8. The fourth-order valence-electron chi connectivity index (χ4n) is 16.6. The summed E-state index contributed by atoms with van der Waals surface area (Å²) in [6.45, 7) is 8.59. The van der Waals surface area contributed by atoms with Crippen molar-refractivity contribution in [2.45, 2.75) is 153 Å². The van der Waals surface area contributed by atoms with E-state index in [0.717, 1.165) is 37.7 Å². The molecule has 0 unspecified atom stereocenters. The van der Waals surface area contributed by atoms with E-state index in [-0.39, 0.29) is 98.7 Å². The number of aliphatic hydroxyl groups is 6.